The summed E-state index contributed by atoms with van der Waals surface area (Å²) in [4.78, 5) is 16.0. The van der Waals surface area contributed by atoms with Crippen LogP contribution in [0.4, 0.5) is 0 Å². The smallest absolute Gasteiger partial charge is 0.244 e. The summed E-state index contributed by atoms with van der Waals surface area (Å²) in [6.45, 7) is 0.716. The predicted octanol–water partition coefficient (Wildman–Crippen LogP) is 2.17. The Balaban J connectivity index is 1.95. The fourth-order valence-electron chi connectivity index (χ4n) is 2.25. The number of nitrogens with one attached hydrogen (secondary N) is 1. The Morgan fingerprint density at radius 2 is 1.86 bits per heavy atom. The van der Waals surface area contributed by atoms with Crippen molar-refractivity contribution in [3.05, 3.63) is 60.2 Å². The second-order valence-electron chi connectivity index (χ2n) is 4.81. The van der Waals surface area contributed by atoms with E-state index in [2.05, 4.69) is 27.1 Å². The van der Waals surface area contributed by atoms with Gasteiger partial charge in [0.25, 0.3) is 0 Å². The number of amides is 1. The number of para-hydroxylation sites is 2. The summed E-state index contributed by atoms with van der Waals surface area (Å²) in [5.74, 6) is 5.16. The molecule has 0 atom stereocenters. The third kappa shape index (κ3) is 3.13. The second-order valence-corrected chi connectivity index (χ2v) is 5.75. The van der Waals surface area contributed by atoms with Crippen LogP contribution >= 0.6 is 11.8 Å². The first-order valence-corrected chi connectivity index (χ1v) is 7.88. The molecule has 6 heteroatoms. The Morgan fingerprint density at radius 3 is 2.64 bits per heavy atom. The van der Waals surface area contributed by atoms with Crippen LogP contribution in [0.3, 0.4) is 0 Å². The first kappa shape index (κ1) is 14.6. The van der Waals surface area contributed by atoms with Gasteiger partial charge in [0, 0.05) is 0 Å². The van der Waals surface area contributed by atoms with Gasteiger partial charge in [-0.25, -0.2) is 10.8 Å². The van der Waals surface area contributed by atoms with E-state index < -0.39 is 0 Å². The van der Waals surface area contributed by atoms with Crippen molar-refractivity contribution < 1.29 is 4.79 Å². The zero-order valence-electron chi connectivity index (χ0n) is 11.9. The van der Waals surface area contributed by atoms with Gasteiger partial charge >= 0.3 is 0 Å². The van der Waals surface area contributed by atoms with Crippen LogP contribution < -0.4 is 11.3 Å². The molecular weight excluding hydrogens is 296 g/mol. The van der Waals surface area contributed by atoms with Gasteiger partial charge in [0.2, 0.25) is 5.91 Å². The summed E-state index contributed by atoms with van der Waals surface area (Å²) in [5.41, 5.74) is 5.31. The van der Waals surface area contributed by atoms with Crippen molar-refractivity contribution in [2.75, 3.05) is 5.75 Å². The third-order valence-corrected chi connectivity index (χ3v) is 4.27. The van der Waals surface area contributed by atoms with Crippen LogP contribution in [0.2, 0.25) is 0 Å². The molecule has 0 unspecified atom stereocenters. The van der Waals surface area contributed by atoms with E-state index in [1.807, 2.05) is 42.5 Å². The average molecular weight is 312 g/mol. The molecule has 3 N–H and O–H groups in total. The number of hydrogen-bond acceptors (Lipinski definition) is 4. The predicted molar refractivity (Wildman–Crippen MR) is 88.3 cm³/mol. The van der Waals surface area contributed by atoms with Gasteiger partial charge in [0.15, 0.2) is 5.16 Å². The Hall–Kier alpha value is -2.31. The van der Waals surface area contributed by atoms with E-state index in [0.717, 1.165) is 16.2 Å². The molecule has 0 aliphatic heterocycles. The SMILES string of the molecule is NNC(=O)CSc1nc2ccccc2n1Cc1ccccc1. The maximum Gasteiger partial charge on any atom is 0.244 e. The molecule has 0 saturated heterocycles. The number of hydrazine groups is 1. The van der Waals surface area contributed by atoms with Crippen LogP contribution in [-0.4, -0.2) is 21.2 Å². The van der Waals surface area contributed by atoms with Crippen LogP contribution in [0.15, 0.2) is 59.8 Å². The van der Waals surface area contributed by atoms with E-state index in [1.165, 1.54) is 17.3 Å². The van der Waals surface area contributed by atoms with Gasteiger partial charge in [0.1, 0.15) is 0 Å². The topological polar surface area (TPSA) is 72.9 Å². The highest BCUT2D eigenvalue weighted by Crippen LogP contribution is 2.25. The lowest BCUT2D eigenvalue weighted by atomic mass is 10.2. The third-order valence-electron chi connectivity index (χ3n) is 3.30. The van der Waals surface area contributed by atoms with Crippen LogP contribution in [-0.2, 0) is 11.3 Å². The molecule has 3 aromatic rings. The van der Waals surface area contributed by atoms with Crippen LogP contribution in [0.5, 0.6) is 0 Å². The fraction of sp³-hybridized carbons (Fsp3) is 0.125. The second kappa shape index (κ2) is 6.64. The van der Waals surface area contributed by atoms with Crippen LogP contribution in [0.25, 0.3) is 11.0 Å². The number of nitrogens with zero attached hydrogens (tertiary/aromatic N) is 2. The molecule has 1 amide bonds. The van der Waals surface area contributed by atoms with Gasteiger partial charge in [-0.2, -0.15) is 0 Å². The summed E-state index contributed by atoms with van der Waals surface area (Å²) in [6, 6.07) is 18.2. The highest BCUT2D eigenvalue weighted by atomic mass is 32.2. The monoisotopic (exact) mass is 312 g/mol. The maximum atomic E-state index is 11.4. The summed E-state index contributed by atoms with van der Waals surface area (Å²) in [7, 11) is 0. The maximum absolute atomic E-state index is 11.4. The van der Waals surface area contributed by atoms with E-state index in [-0.39, 0.29) is 11.7 Å². The van der Waals surface area contributed by atoms with Crippen molar-refractivity contribution in [1.29, 1.82) is 0 Å². The standard InChI is InChI=1S/C16H16N4OS/c17-19-15(21)11-22-16-18-13-8-4-5-9-14(13)20(16)10-12-6-2-1-3-7-12/h1-9H,10-11,17H2,(H,19,21). The molecule has 0 fully saturated rings. The van der Waals surface area contributed by atoms with E-state index in [1.54, 1.807) is 0 Å². The summed E-state index contributed by atoms with van der Waals surface area (Å²) in [5, 5.41) is 0.814. The minimum absolute atomic E-state index is 0.219. The molecule has 112 valence electrons. The Labute approximate surface area is 132 Å². The first-order chi connectivity index (χ1) is 10.8. The van der Waals surface area contributed by atoms with Crippen molar-refractivity contribution >= 4 is 28.7 Å². The molecule has 0 bridgehead atoms. The van der Waals surface area contributed by atoms with Gasteiger partial charge in [0.05, 0.1) is 23.3 Å². The summed E-state index contributed by atoms with van der Waals surface area (Å²) < 4.78 is 2.12. The largest absolute Gasteiger partial charge is 0.314 e. The van der Waals surface area contributed by atoms with Crippen molar-refractivity contribution in [2.45, 2.75) is 11.7 Å². The molecule has 5 nitrogen and oxygen atoms in total. The molecule has 0 radical (unpaired) electrons. The molecule has 0 spiro atoms. The van der Waals surface area contributed by atoms with E-state index in [4.69, 9.17) is 5.84 Å². The van der Waals surface area contributed by atoms with Crippen molar-refractivity contribution in [3.8, 4) is 0 Å². The molecule has 1 aromatic heterocycles. The van der Waals surface area contributed by atoms with Crippen molar-refractivity contribution in [1.82, 2.24) is 15.0 Å². The lowest BCUT2D eigenvalue weighted by Gasteiger charge is -2.08. The minimum atomic E-state index is -0.219. The lowest BCUT2D eigenvalue weighted by molar-refractivity contribution is -0.118. The quantitative estimate of drug-likeness (QED) is 0.328. The number of hydrogen-bond donors (Lipinski definition) is 2. The lowest BCUT2D eigenvalue weighted by Crippen LogP contribution is -2.31. The highest BCUT2D eigenvalue weighted by molar-refractivity contribution is 7.99. The minimum Gasteiger partial charge on any atom is -0.314 e. The molecular formula is C16H16N4OS. The normalized spacial score (nSPS) is 10.8. The number of fused-ring (bicyclic) bond motifs is 1. The Morgan fingerprint density at radius 1 is 1.14 bits per heavy atom. The van der Waals surface area contributed by atoms with Crippen LogP contribution in [0.1, 0.15) is 5.56 Å². The first-order valence-electron chi connectivity index (χ1n) is 6.89. The number of nitrogens with two attached hydrogens (primary N) is 1. The number of rotatable bonds is 5. The molecule has 0 saturated carbocycles. The van der Waals surface area contributed by atoms with Gasteiger partial charge in [-0.05, 0) is 17.7 Å². The molecule has 3 rings (SSSR count). The summed E-state index contributed by atoms with van der Waals surface area (Å²) >= 11 is 1.38. The Bertz CT molecular complexity index is 785. The molecule has 1 heterocycles. The van der Waals surface area contributed by atoms with Gasteiger partial charge in [-0.3, -0.25) is 10.2 Å². The van der Waals surface area contributed by atoms with E-state index >= 15 is 0 Å². The van der Waals surface area contributed by atoms with Crippen molar-refractivity contribution in [3.63, 3.8) is 0 Å². The van der Waals surface area contributed by atoms with Crippen molar-refractivity contribution in [2.24, 2.45) is 5.84 Å². The van der Waals surface area contributed by atoms with Gasteiger partial charge < -0.3 is 4.57 Å². The number of thioether (sulfide) groups is 1. The number of carbonyl (C=O) groups excluding carboxylic acids is 1. The zero-order valence-corrected chi connectivity index (χ0v) is 12.7. The average Bonchev–Trinajstić information content (AvgIpc) is 2.91. The number of aromatic nitrogens is 2. The Kier molecular flexibility index (Phi) is 4.41. The van der Waals surface area contributed by atoms with E-state index in [0.29, 0.717) is 6.54 Å². The number of benzene rings is 2. The molecule has 22 heavy (non-hydrogen) atoms. The number of carbonyl (C=O) groups is 1. The molecule has 0 aliphatic carbocycles. The zero-order chi connectivity index (χ0) is 15.4. The highest BCUT2D eigenvalue weighted by Gasteiger charge is 2.12. The van der Waals surface area contributed by atoms with Gasteiger partial charge in [-0.15, -0.1) is 0 Å². The number of imidazole rings is 1. The van der Waals surface area contributed by atoms with E-state index in [9.17, 15) is 4.79 Å². The van der Waals surface area contributed by atoms with Crippen LogP contribution in [0, 0.1) is 0 Å². The molecule has 0 aliphatic rings. The summed E-state index contributed by atoms with van der Waals surface area (Å²) in [6.07, 6.45) is 0. The van der Waals surface area contributed by atoms with Gasteiger partial charge in [-0.1, -0.05) is 54.2 Å². The molecule has 2 aromatic carbocycles. The fourth-order valence-corrected chi connectivity index (χ4v) is 3.08.